The van der Waals surface area contributed by atoms with Crippen LogP contribution in [0.1, 0.15) is 53.0 Å². The lowest BCUT2D eigenvalue weighted by Crippen LogP contribution is -2.39. The summed E-state index contributed by atoms with van der Waals surface area (Å²) in [6.07, 6.45) is 3.21. The monoisotopic (exact) mass is 350 g/mol. The van der Waals surface area contributed by atoms with Gasteiger partial charge >= 0.3 is 0 Å². The number of amides is 2. The zero-order valence-corrected chi connectivity index (χ0v) is 15.5. The molecule has 1 aliphatic rings. The smallest absolute Gasteiger partial charge is 0.255 e. The third-order valence-corrected chi connectivity index (χ3v) is 4.96. The highest BCUT2D eigenvalue weighted by atomic mass is 16.2. The lowest BCUT2D eigenvalue weighted by atomic mass is 9.99. The summed E-state index contributed by atoms with van der Waals surface area (Å²) < 4.78 is 0. The maximum atomic E-state index is 12.6. The number of carbonyl (C=O) groups is 2. The minimum absolute atomic E-state index is 0.0543. The lowest BCUT2D eigenvalue weighted by molar-refractivity contribution is 0.0682. The van der Waals surface area contributed by atoms with Crippen LogP contribution >= 0.6 is 0 Å². The lowest BCUT2D eigenvalue weighted by Gasteiger charge is -2.31. The number of piperidine rings is 1. The van der Waals surface area contributed by atoms with Gasteiger partial charge in [-0.2, -0.15) is 0 Å². The molecular weight excluding hydrogens is 324 g/mol. The molecule has 1 fully saturated rings. The Bertz CT molecular complexity index is 766. The van der Waals surface area contributed by atoms with E-state index in [2.05, 4.69) is 19.2 Å². The maximum absolute atomic E-state index is 12.6. The number of carbonyl (C=O) groups excluding carboxylic acids is 2. The minimum atomic E-state index is -0.167. The molecule has 1 unspecified atom stereocenters. The van der Waals surface area contributed by atoms with E-state index in [-0.39, 0.29) is 11.8 Å². The summed E-state index contributed by atoms with van der Waals surface area (Å²) >= 11 is 0. The molecule has 0 radical (unpaired) electrons. The first-order valence-corrected chi connectivity index (χ1v) is 9.36. The molecular formula is C22H26N2O2. The zero-order chi connectivity index (χ0) is 18.5. The predicted molar refractivity (Wildman–Crippen MR) is 105 cm³/mol. The van der Waals surface area contributed by atoms with Crippen molar-refractivity contribution < 1.29 is 9.59 Å². The molecule has 26 heavy (non-hydrogen) atoms. The average Bonchev–Trinajstić information content (AvgIpc) is 2.68. The molecule has 4 nitrogen and oxygen atoms in total. The molecule has 0 aliphatic carbocycles. The van der Waals surface area contributed by atoms with Gasteiger partial charge in [0.2, 0.25) is 0 Å². The second-order valence-corrected chi connectivity index (χ2v) is 7.08. The van der Waals surface area contributed by atoms with Gasteiger partial charge in [-0.3, -0.25) is 9.59 Å². The van der Waals surface area contributed by atoms with E-state index in [1.165, 1.54) is 12.0 Å². The summed E-state index contributed by atoms with van der Waals surface area (Å²) in [5.74, 6) is 0.440. The number of anilines is 1. The standard InChI is InChI=1S/C22H26N2O2/c1-3-17-6-12-20(13-7-17)23-21(25)18-8-10-19(11-9-18)22(26)24-14-4-5-16(2)15-24/h6-13,16H,3-5,14-15H2,1-2H3,(H,23,25). The number of rotatable bonds is 4. The summed E-state index contributed by atoms with van der Waals surface area (Å²) in [7, 11) is 0. The van der Waals surface area contributed by atoms with Gasteiger partial charge < -0.3 is 10.2 Å². The van der Waals surface area contributed by atoms with Gasteiger partial charge in [0, 0.05) is 29.9 Å². The van der Waals surface area contributed by atoms with Crippen LogP contribution in [0.25, 0.3) is 0 Å². The molecule has 1 atom stereocenters. The topological polar surface area (TPSA) is 49.4 Å². The van der Waals surface area contributed by atoms with Gasteiger partial charge in [-0.15, -0.1) is 0 Å². The van der Waals surface area contributed by atoms with E-state index >= 15 is 0 Å². The molecule has 2 aromatic carbocycles. The highest BCUT2D eigenvalue weighted by molar-refractivity contribution is 6.05. The van der Waals surface area contributed by atoms with Crippen LogP contribution in [0.4, 0.5) is 5.69 Å². The second kappa shape index (κ2) is 8.17. The van der Waals surface area contributed by atoms with E-state index in [0.29, 0.717) is 17.0 Å². The van der Waals surface area contributed by atoms with Crippen molar-refractivity contribution in [3.05, 3.63) is 65.2 Å². The van der Waals surface area contributed by atoms with Crippen molar-refractivity contribution in [2.45, 2.75) is 33.1 Å². The molecule has 0 aromatic heterocycles. The third kappa shape index (κ3) is 4.31. The SMILES string of the molecule is CCc1ccc(NC(=O)c2ccc(C(=O)N3CCCC(C)C3)cc2)cc1. The largest absolute Gasteiger partial charge is 0.338 e. The molecule has 0 spiro atoms. The van der Waals surface area contributed by atoms with Crippen molar-refractivity contribution in [2.24, 2.45) is 5.92 Å². The third-order valence-electron chi connectivity index (χ3n) is 4.96. The van der Waals surface area contributed by atoms with Crippen LogP contribution < -0.4 is 5.32 Å². The number of hydrogen-bond acceptors (Lipinski definition) is 2. The molecule has 2 amide bonds. The van der Waals surface area contributed by atoms with Gasteiger partial charge in [-0.25, -0.2) is 0 Å². The second-order valence-electron chi connectivity index (χ2n) is 7.08. The van der Waals surface area contributed by atoms with Gasteiger partial charge in [0.25, 0.3) is 11.8 Å². The van der Waals surface area contributed by atoms with Crippen LogP contribution in [0.5, 0.6) is 0 Å². The average molecular weight is 350 g/mol. The number of nitrogens with one attached hydrogen (secondary N) is 1. The normalized spacial score (nSPS) is 17.0. The Labute approximate surface area is 155 Å². The molecule has 136 valence electrons. The van der Waals surface area contributed by atoms with Crippen LogP contribution in [-0.4, -0.2) is 29.8 Å². The van der Waals surface area contributed by atoms with Gasteiger partial charge in [0.1, 0.15) is 0 Å². The van der Waals surface area contributed by atoms with Crippen molar-refractivity contribution in [3.63, 3.8) is 0 Å². The first-order valence-electron chi connectivity index (χ1n) is 9.36. The van der Waals surface area contributed by atoms with Crippen molar-refractivity contribution >= 4 is 17.5 Å². The van der Waals surface area contributed by atoms with Gasteiger partial charge in [-0.1, -0.05) is 26.0 Å². The predicted octanol–water partition coefficient (Wildman–Crippen LogP) is 4.37. The maximum Gasteiger partial charge on any atom is 0.255 e. The van der Waals surface area contributed by atoms with E-state index in [0.717, 1.165) is 31.6 Å². The van der Waals surface area contributed by atoms with E-state index < -0.39 is 0 Å². The Morgan fingerprint density at radius 2 is 1.69 bits per heavy atom. The number of likely N-dealkylation sites (tertiary alicyclic amines) is 1. The fourth-order valence-electron chi connectivity index (χ4n) is 3.35. The van der Waals surface area contributed by atoms with Gasteiger partial charge in [-0.05, 0) is 67.1 Å². The Morgan fingerprint density at radius 1 is 1.04 bits per heavy atom. The fraction of sp³-hybridized carbons (Fsp3) is 0.364. The summed E-state index contributed by atoms with van der Waals surface area (Å²) in [5.41, 5.74) is 3.20. The molecule has 1 saturated heterocycles. The quantitative estimate of drug-likeness (QED) is 0.890. The number of aryl methyl sites for hydroxylation is 1. The summed E-state index contributed by atoms with van der Waals surface area (Å²) in [6.45, 7) is 5.91. The highest BCUT2D eigenvalue weighted by Gasteiger charge is 2.22. The number of hydrogen-bond donors (Lipinski definition) is 1. The van der Waals surface area contributed by atoms with Crippen molar-refractivity contribution in [3.8, 4) is 0 Å². The Balaban J connectivity index is 1.64. The van der Waals surface area contributed by atoms with Crippen LogP contribution in [0.15, 0.2) is 48.5 Å². The van der Waals surface area contributed by atoms with Crippen LogP contribution in [0.3, 0.4) is 0 Å². The van der Waals surface area contributed by atoms with Crippen molar-refractivity contribution in [2.75, 3.05) is 18.4 Å². The molecule has 0 saturated carbocycles. The summed E-state index contributed by atoms with van der Waals surface area (Å²) in [6, 6.07) is 14.8. The fourth-order valence-corrected chi connectivity index (χ4v) is 3.35. The Kier molecular flexibility index (Phi) is 5.71. The molecule has 3 rings (SSSR count). The molecule has 4 heteroatoms. The van der Waals surface area contributed by atoms with E-state index in [4.69, 9.17) is 0 Å². The first kappa shape index (κ1) is 18.2. The van der Waals surface area contributed by atoms with Crippen LogP contribution in [-0.2, 0) is 6.42 Å². The number of nitrogens with zero attached hydrogens (tertiary/aromatic N) is 1. The van der Waals surface area contributed by atoms with Crippen molar-refractivity contribution in [1.82, 2.24) is 4.90 Å². The number of benzene rings is 2. The molecule has 0 bridgehead atoms. The first-order chi connectivity index (χ1) is 12.6. The molecule has 2 aromatic rings. The molecule has 1 aliphatic heterocycles. The minimum Gasteiger partial charge on any atom is -0.338 e. The Hall–Kier alpha value is -2.62. The van der Waals surface area contributed by atoms with E-state index in [9.17, 15) is 9.59 Å². The van der Waals surface area contributed by atoms with Gasteiger partial charge in [0.15, 0.2) is 0 Å². The van der Waals surface area contributed by atoms with E-state index in [1.54, 1.807) is 24.3 Å². The van der Waals surface area contributed by atoms with Gasteiger partial charge in [0.05, 0.1) is 0 Å². The molecule has 1 heterocycles. The van der Waals surface area contributed by atoms with Crippen LogP contribution in [0.2, 0.25) is 0 Å². The van der Waals surface area contributed by atoms with Crippen molar-refractivity contribution in [1.29, 1.82) is 0 Å². The summed E-state index contributed by atoms with van der Waals surface area (Å²) in [5, 5.41) is 2.89. The highest BCUT2D eigenvalue weighted by Crippen LogP contribution is 2.18. The Morgan fingerprint density at radius 3 is 2.31 bits per heavy atom. The van der Waals surface area contributed by atoms with E-state index in [1.807, 2.05) is 29.2 Å². The zero-order valence-electron chi connectivity index (χ0n) is 15.5. The molecule has 1 N–H and O–H groups in total. The summed E-state index contributed by atoms with van der Waals surface area (Å²) in [4.78, 5) is 26.9. The van der Waals surface area contributed by atoms with Crippen LogP contribution in [0, 0.1) is 5.92 Å².